The molecule has 0 aliphatic carbocycles. The lowest BCUT2D eigenvalue weighted by Crippen LogP contribution is -2.50. The number of nitrogens with one attached hydrogen (secondary N) is 1. The molecule has 2 rings (SSSR count). The Morgan fingerprint density at radius 3 is 2.42 bits per heavy atom. The van der Waals surface area contributed by atoms with Gasteiger partial charge in [0.05, 0.1) is 19.1 Å². The normalized spacial score (nSPS) is 21.1. The quantitative estimate of drug-likeness (QED) is 0.610. The molecule has 9 heteroatoms. The van der Waals surface area contributed by atoms with Crippen LogP contribution in [-0.4, -0.2) is 79.6 Å². The Labute approximate surface area is 169 Å². The van der Waals surface area contributed by atoms with Gasteiger partial charge in [-0.15, -0.1) is 24.8 Å². The molecule has 3 N–H and O–H groups in total. The molecule has 1 atom stereocenters. The minimum atomic E-state index is -0.353. The van der Waals surface area contributed by atoms with E-state index in [1.165, 1.54) is 0 Å². The van der Waals surface area contributed by atoms with Gasteiger partial charge in [-0.1, -0.05) is 13.8 Å². The third-order valence-corrected chi connectivity index (χ3v) is 5.40. The summed E-state index contributed by atoms with van der Waals surface area (Å²) in [6.07, 6.45) is 1.95. The van der Waals surface area contributed by atoms with Crippen LogP contribution in [0.3, 0.4) is 0 Å². The van der Waals surface area contributed by atoms with Crippen molar-refractivity contribution in [2.45, 2.75) is 38.6 Å². The molecule has 2 heterocycles. The zero-order valence-corrected chi connectivity index (χ0v) is 17.5. The maximum atomic E-state index is 12.3. The summed E-state index contributed by atoms with van der Waals surface area (Å²) >= 11 is 0. The average Bonchev–Trinajstić information content (AvgIpc) is 2.99. The second-order valence-corrected chi connectivity index (χ2v) is 6.98. The molecule has 2 aliphatic rings. The molecule has 0 aromatic heterocycles. The van der Waals surface area contributed by atoms with E-state index >= 15 is 0 Å². The molecule has 154 valence electrons. The van der Waals surface area contributed by atoms with Crippen LogP contribution in [0.4, 0.5) is 0 Å². The first-order chi connectivity index (χ1) is 11.5. The fraction of sp³-hybridized carbons (Fsp3) is 0.882. The van der Waals surface area contributed by atoms with Crippen molar-refractivity contribution in [3.8, 4) is 0 Å². The molecule has 0 bridgehead atoms. The molecular weight excluding hydrogens is 379 g/mol. The van der Waals surface area contributed by atoms with Gasteiger partial charge in [-0.2, -0.15) is 0 Å². The summed E-state index contributed by atoms with van der Waals surface area (Å²) in [5.74, 6) is -0.220. The number of rotatable bonds is 8. The molecule has 0 aromatic carbocycles. The molecule has 7 nitrogen and oxygen atoms in total. The van der Waals surface area contributed by atoms with Crippen LogP contribution in [0.15, 0.2) is 0 Å². The summed E-state index contributed by atoms with van der Waals surface area (Å²) in [6, 6.07) is 0. The first kappa shape index (κ1) is 25.4. The number of carbonyl (C=O) groups excluding carboxylic acids is 2. The van der Waals surface area contributed by atoms with Crippen LogP contribution in [0, 0.1) is 5.92 Å². The lowest BCUT2D eigenvalue weighted by Gasteiger charge is -2.29. The number of likely N-dealkylation sites (tertiary alicyclic amines) is 1. The second kappa shape index (κ2) is 12.0. The van der Waals surface area contributed by atoms with Crippen LogP contribution in [0.25, 0.3) is 0 Å². The van der Waals surface area contributed by atoms with Gasteiger partial charge in [0, 0.05) is 51.2 Å². The second-order valence-electron chi connectivity index (χ2n) is 6.98. The van der Waals surface area contributed by atoms with E-state index in [4.69, 9.17) is 10.5 Å². The van der Waals surface area contributed by atoms with Crippen LogP contribution < -0.4 is 11.1 Å². The molecular formula is C17H34Cl2N4O3. The molecule has 26 heavy (non-hydrogen) atoms. The van der Waals surface area contributed by atoms with Crippen LogP contribution in [0.1, 0.15) is 33.1 Å². The molecule has 0 radical (unpaired) electrons. The van der Waals surface area contributed by atoms with E-state index in [2.05, 4.69) is 10.2 Å². The third-order valence-electron chi connectivity index (χ3n) is 5.40. The van der Waals surface area contributed by atoms with E-state index in [-0.39, 0.29) is 48.1 Å². The lowest BCUT2D eigenvalue weighted by molar-refractivity contribution is -0.129. The monoisotopic (exact) mass is 412 g/mol. The van der Waals surface area contributed by atoms with Crippen molar-refractivity contribution in [1.82, 2.24) is 15.1 Å². The number of nitrogens with two attached hydrogens (primary N) is 1. The fourth-order valence-electron chi connectivity index (χ4n) is 3.16. The Hall–Kier alpha value is -0.600. The molecule has 0 spiro atoms. The first-order valence-corrected chi connectivity index (χ1v) is 9.12. The van der Waals surface area contributed by atoms with Gasteiger partial charge in [0.1, 0.15) is 0 Å². The summed E-state index contributed by atoms with van der Waals surface area (Å²) < 4.78 is 5.33. The third kappa shape index (κ3) is 7.19. The number of carbonyl (C=O) groups is 2. The standard InChI is InChI=1S/C17H32N4O3.2ClH/c1-3-17(18,4-2)13-19-16(23)14-11-15(22)21(12-14)6-5-20-7-9-24-10-8-20;;/h14H,3-13,18H2,1-2H3,(H,19,23);2*1H. The highest BCUT2D eigenvalue weighted by atomic mass is 35.5. The minimum absolute atomic E-state index is 0. The molecule has 2 aliphatic heterocycles. The maximum Gasteiger partial charge on any atom is 0.225 e. The van der Waals surface area contributed by atoms with E-state index in [9.17, 15) is 9.59 Å². The van der Waals surface area contributed by atoms with Crippen molar-refractivity contribution < 1.29 is 14.3 Å². The van der Waals surface area contributed by atoms with Gasteiger partial charge in [-0.25, -0.2) is 0 Å². The number of nitrogens with zero attached hydrogens (tertiary/aromatic N) is 2. The van der Waals surface area contributed by atoms with Gasteiger partial charge in [0.2, 0.25) is 11.8 Å². The SMILES string of the molecule is CCC(N)(CC)CNC(=O)C1CC(=O)N(CCN2CCOCC2)C1.Cl.Cl. The summed E-state index contributed by atoms with van der Waals surface area (Å²) in [6.45, 7) is 9.93. The van der Waals surface area contributed by atoms with E-state index in [0.29, 0.717) is 26.1 Å². The van der Waals surface area contributed by atoms with Gasteiger partial charge in [0.25, 0.3) is 0 Å². The summed E-state index contributed by atoms with van der Waals surface area (Å²) in [5.41, 5.74) is 5.87. The highest BCUT2D eigenvalue weighted by Crippen LogP contribution is 2.18. The molecule has 2 amide bonds. The summed E-state index contributed by atoms with van der Waals surface area (Å²) in [5, 5.41) is 2.94. The van der Waals surface area contributed by atoms with Gasteiger partial charge in [-0.3, -0.25) is 14.5 Å². The zero-order chi connectivity index (χ0) is 17.6. The van der Waals surface area contributed by atoms with Gasteiger partial charge < -0.3 is 20.7 Å². The average molecular weight is 413 g/mol. The van der Waals surface area contributed by atoms with Crippen LogP contribution in [0.2, 0.25) is 0 Å². The zero-order valence-electron chi connectivity index (χ0n) is 15.9. The van der Waals surface area contributed by atoms with Crippen molar-refractivity contribution in [1.29, 1.82) is 0 Å². The predicted molar refractivity (Wildman–Crippen MR) is 107 cm³/mol. The minimum Gasteiger partial charge on any atom is -0.379 e. The number of amides is 2. The molecule has 2 saturated heterocycles. The van der Waals surface area contributed by atoms with Gasteiger partial charge in [0.15, 0.2) is 0 Å². The van der Waals surface area contributed by atoms with Crippen LogP contribution >= 0.6 is 24.8 Å². The van der Waals surface area contributed by atoms with Crippen LogP contribution in [0.5, 0.6) is 0 Å². The topological polar surface area (TPSA) is 87.9 Å². The Morgan fingerprint density at radius 2 is 1.85 bits per heavy atom. The van der Waals surface area contributed by atoms with Crippen molar-refractivity contribution in [2.75, 3.05) is 52.5 Å². The fourth-order valence-corrected chi connectivity index (χ4v) is 3.16. The lowest BCUT2D eigenvalue weighted by atomic mass is 9.94. The molecule has 1 unspecified atom stereocenters. The smallest absolute Gasteiger partial charge is 0.225 e. The van der Waals surface area contributed by atoms with Crippen molar-refractivity contribution in [3.63, 3.8) is 0 Å². The number of hydrogen-bond donors (Lipinski definition) is 2. The first-order valence-electron chi connectivity index (χ1n) is 9.12. The summed E-state index contributed by atoms with van der Waals surface area (Å²) in [4.78, 5) is 28.6. The Morgan fingerprint density at radius 1 is 1.23 bits per heavy atom. The molecule has 0 aromatic rings. The van der Waals surface area contributed by atoms with E-state index < -0.39 is 0 Å². The highest BCUT2D eigenvalue weighted by Gasteiger charge is 2.35. The van der Waals surface area contributed by atoms with E-state index in [1.54, 1.807) is 0 Å². The maximum absolute atomic E-state index is 12.3. The Kier molecular flexibility index (Phi) is 11.7. The van der Waals surface area contributed by atoms with Gasteiger partial charge >= 0.3 is 0 Å². The number of halogens is 2. The summed E-state index contributed by atoms with van der Waals surface area (Å²) in [7, 11) is 0. The Bertz CT molecular complexity index is 444. The van der Waals surface area contributed by atoms with Crippen molar-refractivity contribution in [3.05, 3.63) is 0 Å². The number of morpholine rings is 1. The highest BCUT2D eigenvalue weighted by molar-refractivity contribution is 5.89. The van der Waals surface area contributed by atoms with Crippen LogP contribution in [-0.2, 0) is 14.3 Å². The predicted octanol–water partition coefficient (Wildman–Crippen LogP) is 0.644. The van der Waals surface area contributed by atoms with Crippen molar-refractivity contribution in [2.24, 2.45) is 11.7 Å². The largest absolute Gasteiger partial charge is 0.379 e. The van der Waals surface area contributed by atoms with Crippen molar-refractivity contribution >= 4 is 36.6 Å². The van der Waals surface area contributed by atoms with E-state index in [0.717, 1.165) is 45.7 Å². The van der Waals surface area contributed by atoms with Gasteiger partial charge in [-0.05, 0) is 12.8 Å². The molecule has 2 fully saturated rings. The Balaban J connectivity index is 0.00000312. The molecule has 0 saturated carbocycles. The number of ether oxygens (including phenoxy) is 1. The number of hydrogen-bond acceptors (Lipinski definition) is 5. The van der Waals surface area contributed by atoms with E-state index in [1.807, 2.05) is 18.7 Å².